The summed E-state index contributed by atoms with van der Waals surface area (Å²) in [4.78, 5) is 0. The Morgan fingerprint density at radius 1 is 1.21 bits per heavy atom. The Hall–Kier alpha value is -0.530. The summed E-state index contributed by atoms with van der Waals surface area (Å²) >= 11 is 6.05. The van der Waals surface area contributed by atoms with Crippen LogP contribution in [-0.4, -0.2) is 6.04 Å². The molecule has 78 valence electrons. The van der Waals surface area contributed by atoms with Gasteiger partial charge in [0.05, 0.1) is 0 Å². The van der Waals surface area contributed by atoms with Gasteiger partial charge in [-0.25, -0.2) is 0 Å². The molecule has 0 amide bonds. The molecule has 2 heteroatoms. The predicted octanol–water partition coefficient (Wildman–Crippen LogP) is 3.47. The van der Waals surface area contributed by atoms with Crippen molar-refractivity contribution >= 4 is 11.6 Å². The zero-order chi connectivity index (χ0) is 10.6. The molecule has 1 aromatic carbocycles. The molecular formula is C12H18ClN. The van der Waals surface area contributed by atoms with Crippen molar-refractivity contribution in [3.8, 4) is 0 Å². The second-order valence-corrected chi connectivity index (χ2v) is 4.41. The van der Waals surface area contributed by atoms with Gasteiger partial charge in [0, 0.05) is 17.6 Å². The first-order valence-corrected chi connectivity index (χ1v) is 5.46. The average molecular weight is 212 g/mol. The monoisotopic (exact) mass is 211 g/mol. The summed E-state index contributed by atoms with van der Waals surface area (Å²) < 4.78 is 0. The number of benzene rings is 1. The molecular weight excluding hydrogens is 194 g/mol. The van der Waals surface area contributed by atoms with Crippen LogP contribution in [0.4, 0.5) is 0 Å². The molecule has 0 fully saturated rings. The van der Waals surface area contributed by atoms with E-state index in [9.17, 15) is 0 Å². The lowest BCUT2D eigenvalue weighted by Gasteiger charge is -2.17. The van der Waals surface area contributed by atoms with Gasteiger partial charge in [0.2, 0.25) is 0 Å². The molecule has 1 atom stereocenters. The molecule has 0 bridgehead atoms. The number of halogens is 1. The third kappa shape index (κ3) is 3.32. The van der Waals surface area contributed by atoms with Crippen molar-refractivity contribution in [2.75, 3.05) is 0 Å². The van der Waals surface area contributed by atoms with Gasteiger partial charge in [-0.15, -0.1) is 0 Å². The maximum atomic E-state index is 6.05. The van der Waals surface area contributed by atoms with Gasteiger partial charge in [-0.3, -0.25) is 0 Å². The summed E-state index contributed by atoms with van der Waals surface area (Å²) in [7, 11) is 0. The minimum Gasteiger partial charge on any atom is -0.310 e. The quantitative estimate of drug-likeness (QED) is 0.804. The Morgan fingerprint density at radius 3 is 2.43 bits per heavy atom. The molecule has 1 nitrogen and oxygen atoms in total. The molecule has 0 saturated heterocycles. The van der Waals surface area contributed by atoms with Gasteiger partial charge in [0.25, 0.3) is 0 Å². The fourth-order valence-electron chi connectivity index (χ4n) is 1.15. The van der Waals surface area contributed by atoms with E-state index in [1.165, 1.54) is 5.56 Å². The topological polar surface area (TPSA) is 12.0 Å². The third-order valence-electron chi connectivity index (χ3n) is 2.57. The van der Waals surface area contributed by atoms with Crippen molar-refractivity contribution in [1.29, 1.82) is 0 Å². The highest BCUT2D eigenvalue weighted by atomic mass is 35.5. The third-order valence-corrected chi connectivity index (χ3v) is 2.94. The summed E-state index contributed by atoms with van der Waals surface area (Å²) in [6.07, 6.45) is 0. The van der Waals surface area contributed by atoms with Gasteiger partial charge in [0.1, 0.15) is 0 Å². The zero-order valence-corrected chi connectivity index (χ0v) is 9.81. The molecule has 1 rings (SSSR count). The van der Waals surface area contributed by atoms with E-state index in [0.29, 0.717) is 12.0 Å². The van der Waals surface area contributed by atoms with Crippen molar-refractivity contribution in [2.24, 2.45) is 5.92 Å². The van der Waals surface area contributed by atoms with Gasteiger partial charge in [0.15, 0.2) is 0 Å². The number of hydrogen-bond acceptors (Lipinski definition) is 1. The molecule has 14 heavy (non-hydrogen) atoms. The fourth-order valence-corrected chi connectivity index (χ4v) is 1.35. The minimum absolute atomic E-state index is 0.520. The Morgan fingerprint density at radius 2 is 1.86 bits per heavy atom. The Balaban J connectivity index is 2.50. The molecule has 0 saturated carbocycles. The lowest BCUT2D eigenvalue weighted by molar-refractivity contribution is 0.426. The molecule has 0 aliphatic carbocycles. The van der Waals surface area contributed by atoms with Crippen LogP contribution in [0.1, 0.15) is 26.3 Å². The fraction of sp³-hybridized carbons (Fsp3) is 0.500. The van der Waals surface area contributed by atoms with E-state index < -0.39 is 0 Å². The smallest absolute Gasteiger partial charge is 0.0450 e. The number of hydrogen-bond donors (Lipinski definition) is 1. The van der Waals surface area contributed by atoms with E-state index in [1.807, 2.05) is 18.2 Å². The maximum Gasteiger partial charge on any atom is 0.0450 e. The molecule has 0 radical (unpaired) electrons. The van der Waals surface area contributed by atoms with Crippen molar-refractivity contribution in [1.82, 2.24) is 5.32 Å². The van der Waals surface area contributed by atoms with Gasteiger partial charge in [-0.05, 0) is 24.5 Å². The number of nitrogens with one attached hydrogen (secondary N) is 1. The van der Waals surface area contributed by atoms with Crippen LogP contribution < -0.4 is 5.32 Å². The predicted molar refractivity (Wildman–Crippen MR) is 62.6 cm³/mol. The summed E-state index contributed by atoms with van der Waals surface area (Å²) in [6, 6.07) is 8.48. The van der Waals surface area contributed by atoms with Crippen LogP contribution in [0.15, 0.2) is 24.3 Å². The molecule has 1 aromatic rings. The van der Waals surface area contributed by atoms with E-state index in [4.69, 9.17) is 11.6 Å². The zero-order valence-electron chi connectivity index (χ0n) is 9.05. The highest BCUT2D eigenvalue weighted by Crippen LogP contribution is 2.14. The van der Waals surface area contributed by atoms with Crippen LogP contribution in [-0.2, 0) is 6.54 Å². The van der Waals surface area contributed by atoms with Gasteiger partial charge >= 0.3 is 0 Å². The molecule has 1 unspecified atom stereocenters. The SMILES string of the molecule is CC(C)C(C)NCc1ccccc1Cl. The lowest BCUT2D eigenvalue weighted by atomic mass is 10.1. The molecule has 0 aromatic heterocycles. The average Bonchev–Trinajstić information content (AvgIpc) is 2.16. The van der Waals surface area contributed by atoms with Crippen molar-refractivity contribution in [2.45, 2.75) is 33.4 Å². The maximum absolute atomic E-state index is 6.05. The normalized spacial score (nSPS) is 13.2. The van der Waals surface area contributed by atoms with Gasteiger partial charge < -0.3 is 5.32 Å². The molecule has 0 heterocycles. The van der Waals surface area contributed by atoms with Crippen LogP contribution >= 0.6 is 11.6 Å². The van der Waals surface area contributed by atoms with Gasteiger partial charge in [-0.1, -0.05) is 43.6 Å². The highest BCUT2D eigenvalue weighted by Gasteiger charge is 2.06. The van der Waals surface area contributed by atoms with E-state index in [1.54, 1.807) is 0 Å². The number of rotatable bonds is 4. The first-order chi connectivity index (χ1) is 6.61. The van der Waals surface area contributed by atoms with E-state index in [-0.39, 0.29) is 0 Å². The van der Waals surface area contributed by atoms with Crippen LogP contribution in [0.5, 0.6) is 0 Å². The Labute approximate surface area is 91.5 Å². The summed E-state index contributed by atoms with van der Waals surface area (Å²) in [5.41, 5.74) is 1.17. The Bertz CT molecular complexity index is 283. The van der Waals surface area contributed by atoms with Crippen LogP contribution in [0, 0.1) is 5.92 Å². The van der Waals surface area contributed by atoms with Crippen molar-refractivity contribution < 1.29 is 0 Å². The summed E-state index contributed by atoms with van der Waals surface area (Å²) in [6.45, 7) is 7.47. The Kier molecular flexibility index (Phi) is 4.43. The second-order valence-electron chi connectivity index (χ2n) is 4.01. The second kappa shape index (κ2) is 5.38. The van der Waals surface area contributed by atoms with E-state index >= 15 is 0 Å². The van der Waals surface area contributed by atoms with Crippen molar-refractivity contribution in [3.63, 3.8) is 0 Å². The minimum atomic E-state index is 0.520. The standard InChI is InChI=1S/C12H18ClN/c1-9(2)10(3)14-8-11-6-4-5-7-12(11)13/h4-7,9-10,14H,8H2,1-3H3. The first-order valence-electron chi connectivity index (χ1n) is 5.08. The largest absolute Gasteiger partial charge is 0.310 e. The lowest BCUT2D eigenvalue weighted by Crippen LogP contribution is -2.30. The van der Waals surface area contributed by atoms with Crippen molar-refractivity contribution in [3.05, 3.63) is 34.9 Å². The molecule has 0 spiro atoms. The van der Waals surface area contributed by atoms with Crippen LogP contribution in [0.25, 0.3) is 0 Å². The molecule has 0 aliphatic rings. The van der Waals surface area contributed by atoms with Crippen LogP contribution in [0.3, 0.4) is 0 Å². The van der Waals surface area contributed by atoms with Crippen LogP contribution in [0.2, 0.25) is 5.02 Å². The molecule has 0 aliphatic heterocycles. The van der Waals surface area contributed by atoms with E-state index in [0.717, 1.165) is 11.6 Å². The summed E-state index contributed by atoms with van der Waals surface area (Å²) in [5.74, 6) is 0.650. The van der Waals surface area contributed by atoms with Gasteiger partial charge in [-0.2, -0.15) is 0 Å². The molecule has 1 N–H and O–H groups in total. The highest BCUT2D eigenvalue weighted by molar-refractivity contribution is 6.31. The summed E-state index contributed by atoms with van der Waals surface area (Å²) in [5, 5.41) is 4.30. The van der Waals surface area contributed by atoms with E-state index in [2.05, 4.69) is 32.2 Å². The first kappa shape index (κ1) is 11.5.